The quantitative estimate of drug-likeness (QED) is 0.663. The van der Waals surface area contributed by atoms with E-state index in [1.165, 1.54) is 6.42 Å². The van der Waals surface area contributed by atoms with Crippen LogP contribution in [0, 0.1) is 24.7 Å². The van der Waals surface area contributed by atoms with E-state index in [1.807, 2.05) is 13.0 Å². The minimum absolute atomic E-state index is 0.213. The number of anilines is 3. The third kappa shape index (κ3) is 4.46. The number of piperidine rings is 1. The van der Waals surface area contributed by atoms with Gasteiger partial charge in [-0.2, -0.15) is 4.98 Å². The SMILES string of the molecule is Cc1nc(N)nc(N2CCC(NC(=O)C3CCC3)CC2)c1C#Cc1ccc(N)nc1. The largest absolute Gasteiger partial charge is 0.384 e. The lowest BCUT2D eigenvalue weighted by molar-refractivity contribution is -0.128. The number of nitrogen functional groups attached to an aromatic ring is 2. The van der Waals surface area contributed by atoms with Crippen molar-refractivity contribution in [2.75, 3.05) is 29.5 Å². The fraction of sp³-hybridized carbons (Fsp3) is 0.455. The molecule has 0 bridgehead atoms. The van der Waals surface area contributed by atoms with Crippen molar-refractivity contribution in [1.29, 1.82) is 0 Å². The Morgan fingerprint density at radius 1 is 1.13 bits per heavy atom. The molecular formula is C22H27N7O. The highest BCUT2D eigenvalue weighted by atomic mass is 16.2. The van der Waals surface area contributed by atoms with Crippen LogP contribution in [-0.4, -0.2) is 40.0 Å². The monoisotopic (exact) mass is 405 g/mol. The van der Waals surface area contributed by atoms with Crippen molar-refractivity contribution in [2.24, 2.45) is 5.92 Å². The summed E-state index contributed by atoms with van der Waals surface area (Å²) in [7, 11) is 0. The lowest BCUT2D eigenvalue weighted by Crippen LogP contribution is -2.47. The fourth-order valence-corrected chi connectivity index (χ4v) is 3.79. The Balaban J connectivity index is 1.49. The molecule has 5 N–H and O–H groups in total. The number of pyridine rings is 1. The topological polar surface area (TPSA) is 123 Å². The van der Waals surface area contributed by atoms with Gasteiger partial charge in [0.15, 0.2) is 0 Å². The molecule has 0 radical (unpaired) electrons. The summed E-state index contributed by atoms with van der Waals surface area (Å²) in [5.41, 5.74) is 13.8. The molecule has 1 saturated carbocycles. The lowest BCUT2D eigenvalue weighted by Gasteiger charge is -2.35. The zero-order valence-corrected chi connectivity index (χ0v) is 17.2. The molecule has 8 nitrogen and oxygen atoms in total. The molecule has 2 aromatic rings. The second kappa shape index (κ2) is 8.57. The molecule has 0 aromatic carbocycles. The van der Waals surface area contributed by atoms with Gasteiger partial charge in [-0.3, -0.25) is 4.79 Å². The Labute approximate surface area is 176 Å². The average molecular weight is 406 g/mol. The Bertz CT molecular complexity index is 981. The van der Waals surface area contributed by atoms with E-state index in [2.05, 4.69) is 37.0 Å². The van der Waals surface area contributed by atoms with Gasteiger partial charge in [-0.25, -0.2) is 9.97 Å². The summed E-state index contributed by atoms with van der Waals surface area (Å²) in [6.07, 6.45) is 6.60. The summed E-state index contributed by atoms with van der Waals surface area (Å²) in [5.74, 6) is 8.19. The van der Waals surface area contributed by atoms with Crippen molar-refractivity contribution in [3.05, 3.63) is 35.2 Å². The Morgan fingerprint density at radius 2 is 1.90 bits per heavy atom. The summed E-state index contributed by atoms with van der Waals surface area (Å²) >= 11 is 0. The molecule has 8 heteroatoms. The highest BCUT2D eigenvalue weighted by molar-refractivity contribution is 5.79. The number of nitrogens with one attached hydrogen (secondary N) is 1. The van der Waals surface area contributed by atoms with Gasteiger partial charge in [0, 0.05) is 36.8 Å². The molecular weight excluding hydrogens is 378 g/mol. The first-order valence-corrected chi connectivity index (χ1v) is 10.4. The van der Waals surface area contributed by atoms with Crippen LogP contribution in [0.3, 0.4) is 0 Å². The van der Waals surface area contributed by atoms with E-state index in [0.29, 0.717) is 5.82 Å². The molecule has 1 aliphatic carbocycles. The molecule has 1 aliphatic heterocycles. The standard InChI is InChI=1S/C22H27N7O/c1-14-18(7-5-15-6-8-19(23)25-13-15)20(28-22(24)26-14)29-11-9-17(10-12-29)27-21(30)16-3-2-4-16/h6,8,13,16-17H,2-4,9-12H2,1H3,(H2,23,25)(H,27,30)(H2,24,26,28). The van der Waals surface area contributed by atoms with Gasteiger partial charge in [0.05, 0.1) is 11.3 Å². The minimum atomic E-state index is 0.213. The third-order valence-corrected chi connectivity index (χ3v) is 5.82. The van der Waals surface area contributed by atoms with Crippen LogP contribution in [0.15, 0.2) is 18.3 Å². The molecule has 2 aliphatic rings. The first-order chi connectivity index (χ1) is 14.5. The number of carbonyl (C=O) groups excluding carboxylic acids is 1. The van der Waals surface area contributed by atoms with Crippen LogP contribution < -0.4 is 21.7 Å². The van der Waals surface area contributed by atoms with Crippen molar-refractivity contribution in [1.82, 2.24) is 20.3 Å². The van der Waals surface area contributed by atoms with Gasteiger partial charge in [-0.15, -0.1) is 0 Å². The molecule has 2 aromatic heterocycles. The van der Waals surface area contributed by atoms with Crippen LogP contribution in [0.1, 0.15) is 48.9 Å². The van der Waals surface area contributed by atoms with E-state index >= 15 is 0 Å². The van der Waals surface area contributed by atoms with Crippen molar-refractivity contribution in [2.45, 2.75) is 45.1 Å². The predicted molar refractivity (Wildman–Crippen MR) is 117 cm³/mol. The van der Waals surface area contributed by atoms with Gasteiger partial charge in [0.2, 0.25) is 11.9 Å². The van der Waals surface area contributed by atoms with Crippen LogP contribution in [0.2, 0.25) is 0 Å². The summed E-state index contributed by atoms with van der Waals surface area (Å²) in [4.78, 5) is 27.3. The molecule has 1 amide bonds. The van der Waals surface area contributed by atoms with Crippen molar-refractivity contribution in [3.63, 3.8) is 0 Å². The summed E-state index contributed by atoms with van der Waals surface area (Å²) in [5, 5.41) is 3.21. The smallest absolute Gasteiger partial charge is 0.223 e. The van der Waals surface area contributed by atoms with Crippen molar-refractivity contribution >= 4 is 23.5 Å². The van der Waals surface area contributed by atoms with Gasteiger partial charge in [0.25, 0.3) is 0 Å². The molecule has 30 heavy (non-hydrogen) atoms. The van der Waals surface area contributed by atoms with Crippen molar-refractivity contribution < 1.29 is 4.79 Å². The van der Waals surface area contributed by atoms with E-state index in [4.69, 9.17) is 11.5 Å². The number of aromatic nitrogens is 3. The van der Waals surface area contributed by atoms with Crippen LogP contribution in [0.25, 0.3) is 0 Å². The maximum absolute atomic E-state index is 12.2. The maximum Gasteiger partial charge on any atom is 0.223 e. The van der Waals surface area contributed by atoms with Gasteiger partial charge in [-0.05, 0) is 44.7 Å². The number of hydrogen-bond donors (Lipinski definition) is 3. The van der Waals surface area contributed by atoms with Crippen LogP contribution in [0.5, 0.6) is 0 Å². The minimum Gasteiger partial charge on any atom is -0.384 e. The lowest BCUT2D eigenvalue weighted by atomic mass is 9.84. The van der Waals surface area contributed by atoms with Crippen molar-refractivity contribution in [3.8, 4) is 11.8 Å². The molecule has 0 atom stereocenters. The van der Waals surface area contributed by atoms with Gasteiger partial charge in [0.1, 0.15) is 11.6 Å². The molecule has 2 fully saturated rings. The van der Waals surface area contributed by atoms with Gasteiger partial charge < -0.3 is 21.7 Å². The van der Waals surface area contributed by atoms with E-state index < -0.39 is 0 Å². The molecule has 156 valence electrons. The number of rotatable bonds is 3. The van der Waals surface area contributed by atoms with Crippen LogP contribution >= 0.6 is 0 Å². The highest BCUT2D eigenvalue weighted by Gasteiger charge is 2.29. The highest BCUT2D eigenvalue weighted by Crippen LogP contribution is 2.28. The molecule has 4 rings (SSSR count). The number of nitrogens with two attached hydrogens (primary N) is 2. The number of amides is 1. The molecule has 1 saturated heterocycles. The van der Waals surface area contributed by atoms with E-state index in [0.717, 1.165) is 61.4 Å². The number of carbonyl (C=O) groups is 1. The first-order valence-electron chi connectivity index (χ1n) is 10.4. The molecule has 3 heterocycles. The second-order valence-corrected chi connectivity index (χ2v) is 7.99. The van der Waals surface area contributed by atoms with E-state index in [-0.39, 0.29) is 23.8 Å². The summed E-state index contributed by atoms with van der Waals surface area (Å²) in [6.45, 7) is 3.45. The Morgan fingerprint density at radius 3 is 2.53 bits per heavy atom. The normalized spacial score (nSPS) is 17.0. The second-order valence-electron chi connectivity index (χ2n) is 7.99. The number of aryl methyl sites for hydroxylation is 1. The number of hydrogen-bond acceptors (Lipinski definition) is 7. The maximum atomic E-state index is 12.2. The summed E-state index contributed by atoms with van der Waals surface area (Å²) in [6, 6.07) is 3.77. The zero-order valence-electron chi connectivity index (χ0n) is 17.2. The first kappa shape index (κ1) is 20.0. The molecule has 0 spiro atoms. The Kier molecular flexibility index (Phi) is 5.70. The fourth-order valence-electron chi connectivity index (χ4n) is 3.79. The summed E-state index contributed by atoms with van der Waals surface area (Å²) < 4.78 is 0. The number of nitrogens with zero attached hydrogens (tertiary/aromatic N) is 4. The predicted octanol–water partition coefficient (Wildman–Crippen LogP) is 1.63. The van der Waals surface area contributed by atoms with Crippen LogP contribution in [-0.2, 0) is 4.79 Å². The van der Waals surface area contributed by atoms with Gasteiger partial charge in [-0.1, -0.05) is 18.3 Å². The molecule has 0 unspecified atom stereocenters. The van der Waals surface area contributed by atoms with E-state index in [1.54, 1.807) is 12.3 Å². The zero-order chi connectivity index (χ0) is 21.1. The third-order valence-electron chi connectivity index (χ3n) is 5.82. The average Bonchev–Trinajstić information content (AvgIpc) is 2.67. The Hall–Kier alpha value is -3.34. The van der Waals surface area contributed by atoms with E-state index in [9.17, 15) is 4.79 Å². The van der Waals surface area contributed by atoms with Crippen LogP contribution in [0.4, 0.5) is 17.6 Å². The van der Waals surface area contributed by atoms with Gasteiger partial charge >= 0.3 is 0 Å².